The molecule has 0 aromatic heterocycles. The molecule has 19 heavy (non-hydrogen) atoms. The summed E-state index contributed by atoms with van der Waals surface area (Å²) in [5.74, 6) is -0.694. The summed E-state index contributed by atoms with van der Waals surface area (Å²) in [5.41, 5.74) is 1.14. The van der Waals surface area contributed by atoms with Crippen LogP contribution in [0.1, 0.15) is 17.9 Å². The van der Waals surface area contributed by atoms with Crippen LogP contribution in [0.4, 0.5) is 0 Å². The highest BCUT2D eigenvalue weighted by atomic mass is 16.5. The Bertz CT molecular complexity index is 532. The number of allylic oxidation sites excluding steroid dienone is 2. The van der Waals surface area contributed by atoms with E-state index >= 15 is 0 Å². The van der Waals surface area contributed by atoms with Crippen LogP contribution in [0.15, 0.2) is 42.5 Å². The third kappa shape index (κ3) is 1.89. The lowest BCUT2D eigenvalue weighted by atomic mass is 9.76. The monoisotopic (exact) mass is 256 g/mol. The molecule has 1 aromatic carbocycles. The van der Waals surface area contributed by atoms with Crippen LogP contribution in [0.2, 0.25) is 0 Å². The number of esters is 1. The molecule has 0 aliphatic heterocycles. The molecule has 0 saturated heterocycles. The molecule has 0 radical (unpaired) electrons. The van der Waals surface area contributed by atoms with Crippen LogP contribution in [0.25, 0.3) is 0 Å². The lowest BCUT2D eigenvalue weighted by Gasteiger charge is -2.26. The molecule has 0 spiro atoms. The van der Waals surface area contributed by atoms with E-state index in [9.17, 15) is 9.59 Å². The first-order chi connectivity index (χ1) is 9.22. The summed E-state index contributed by atoms with van der Waals surface area (Å²) in [6.45, 7) is 0. The third-order valence-corrected chi connectivity index (χ3v) is 4.33. The number of carbonyl (C=O) groups is 2. The van der Waals surface area contributed by atoms with Crippen molar-refractivity contribution >= 4 is 11.8 Å². The minimum absolute atomic E-state index is 0.114. The fourth-order valence-corrected chi connectivity index (χ4v) is 3.55. The van der Waals surface area contributed by atoms with Gasteiger partial charge in [-0.1, -0.05) is 42.5 Å². The highest BCUT2D eigenvalue weighted by molar-refractivity contribution is 6.34. The number of rotatable bonds is 3. The van der Waals surface area contributed by atoms with Gasteiger partial charge in [0, 0.05) is 11.8 Å². The van der Waals surface area contributed by atoms with E-state index in [1.54, 1.807) is 0 Å². The smallest absolute Gasteiger partial charge is 0.374 e. The molecule has 0 amide bonds. The lowest BCUT2D eigenvalue weighted by molar-refractivity contribution is -0.154. The average Bonchev–Trinajstić information content (AvgIpc) is 3.07. The van der Waals surface area contributed by atoms with Crippen molar-refractivity contribution in [2.75, 3.05) is 7.11 Å². The Hall–Kier alpha value is -1.90. The van der Waals surface area contributed by atoms with Gasteiger partial charge in [-0.3, -0.25) is 4.79 Å². The van der Waals surface area contributed by atoms with Crippen molar-refractivity contribution in [2.45, 2.75) is 12.3 Å². The zero-order valence-electron chi connectivity index (χ0n) is 10.8. The van der Waals surface area contributed by atoms with Crippen molar-refractivity contribution in [3.05, 3.63) is 48.0 Å². The van der Waals surface area contributed by atoms with Crippen LogP contribution in [0, 0.1) is 17.8 Å². The Balaban J connectivity index is 1.96. The first kappa shape index (κ1) is 12.2. The van der Waals surface area contributed by atoms with Gasteiger partial charge in [0.1, 0.15) is 0 Å². The highest BCUT2D eigenvalue weighted by Crippen LogP contribution is 2.53. The molecule has 0 N–H and O–H groups in total. The van der Waals surface area contributed by atoms with Gasteiger partial charge in [-0.25, -0.2) is 4.79 Å². The van der Waals surface area contributed by atoms with E-state index in [2.05, 4.69) is 16.9 Å². The second-order valence-corrected chi connectivity index (χ2v) is 5.27. The van der Waals surface area contributed by atoms with Crippen LogP contribution < -0.4 is 0 Å². The number of ether oxygens (including phenoxy) is 1. The Kier molecular flexibility index (Phi) is 2.97. The van der Waals surface area contributed by atoms with E-state index in [-0.39, 0.29) is 23.5 Å². The molecule has 2 aliphatic rings. The largest absolute Gasteiger partial charge is 0.463 e. The standard InChI is InChI=1S/C16H16O3/c1-19-16(18)15(17)14-12-8-7-11(9-12)13(14)10-5-3-2-4-6-10/h2-8,11-14H,9H2,1H3. The molecule has 4 atom stereocenters. The minimum atomic E-state index is -0.716. The summed E-state index contributed by atoms with van der Waals surface area (Å²) < 4.78 is 4.60. The number of ketones is 1. The molecular weight excluding hydrogens is 240 g/mol. The average molecular weight is 256 g/mol. The first-order valence-corrected chi connectivity index (χ1v) is 6.58. The first-order valence-electron chi connectivity index (χ1n) is 6.58. The van der Waals surface area contributed by atoms with Crippen LogP contribution in [0.5, 0.6) is 0 Å². The summed E-state index contributed by atoms with van der Waals surface area (Å²) in [4.78, 5) is 23.8. The van der Waals surface area contributed by atoms with Gasteiger partial charge < -0.3 is 4.74 Å². The number of fused-ring (bicyclic) bond motifs is 2. The fourth-order valence-electron chi connectivity index (χ4n) is 3.55. The van der Waals surface area contributed by atoms with Gasteiger partial charge in [0.15, 0.2) is 0 Å². The molecule has 3 heteroatoms. The Morgan fingerprint density at radius 2 is 1.79 bits per heavy atom. The van der Waals surface area contributed by atoms with E-state index < -0.39 is 5.97 Å². The molecule has 1 fully saturated rings. The summed E-state index contributed by atoms with van der Waals surface area (Å²) >= 11 is 0. The van der Waals surface area contributed by atoms with E-state index in [1.165, 1.54) is 7.11 Å². The van der Waals surface area contributed by atoms with Crippen LogP contribution in [-0.4, -0.2) is 18.9 Å². The normalized spacial score (nSPS) is 31.4. The fraction of sp³-hybridized carbons (Fsp3) is 0.375. The van der Waals surface area contributed by atoms with E-state index in [4.69, 9.17) is 0 Å². The predicted octanol–water partition coefficient (Wildman–Crippen LogP) is 2.33. The van der Waals surface area contributed by atoms with Crippen molar-refractivity contribution < 1.29 is 14.3 Å². The second kappa shape index (κ2) is 4.65. The molecule has 3 nitrogen and oxygen atoms in total. The maximum Gasteiger partial charge on any atom is 0.374 e. The SMILES string of the molecule is COC(=O)C(=O)C1C2C=CC(C2)C1c1ccccc1. The van der Waals surface area contributed by atoms with Crippen molar-refractivity contribution in [3.63, 3.8) is 0 Å². The maximum atomic E-state index is 12.2. The molecule has 98 valence electrons. The Morgan fingerprint density at radius 1 is 1.11 bits per heavy atom. The van der Waals surface area contributed by atoms with E-state index in [0.29, 0.717) is 5.92 Å². The number of Topliss-reactive ketones (excluding diaryl/α,β-unsaturated/α-hetero) is 1. The predicted molar refractivity (Wildman–Crippen MR) is 70.4 cm³/mol. The number of hydrogen-bond acceptors (Lipinski definition) is 3. The molecule has 0 heterocycles. The molecule has 2 aliphatic carbocycles. The van der Waals surface area contributed by atoms with Crippen LogP contribution >= 0.6 is 0 Å². The number of carbonyl (C=O) groups excluding carboxylic acids is 2. The van der Waals surface area contributed by atoms with Gasteiger partial charge in [0.25, 0.3) is 0 Å². The quantitative estimate of drug-likeness (QED) is 0.473. The van der Waals surface area contributed by atoms with Crippen molar-refractivity contribution in [2.24, 2.45) is 17.8 Å². The van der Waals surface area contributed by atoms with Gasteiger partial charge in [0.2, 0.25) is 5.78 Å². The van der Waals surface area contributed by atoms with Gasteiger partial charge >= 0.3 is 5.97 Å². The minimum Gasteiger partial charge on any atom is -0.463 e. The van der Waals surface area contributed by atoms with Crippen LogP contribution in [0.3, 0.4) is 0 Å². The topological polar surface area (TPSA) is 43.4 Å². The van der Waals surface area contributed by atoms with Crippen molar-refractivity contribution in [3.8, 4) is 0 Å². The van der Waals surface area contributed by atoms with E-state index in [1.807, 2.05) is 30.3 Å². The van der Waals surface area contributed by atoms with Gasteiger partial charge in [-0.15, -0.1) is 0 Å². The molecule has 2 bridgehead atoms. The summed E-state index contributed by atoms with van der Waals surface area (Å²) in [6.07, 6.45) is 5.23. The number of benzene rings is 1. The third-order valence-electron chi connectivity index (χ3n) is 4.33. The van der Waals surface area contributed by atoms with E-state index in [0.717, 1.165) is 12.0 Å². The van der Waals surface area contributed by atoms with Gasteiger partial charge in [-0.2, -0.15) is 0 Å². The maximum absolute atomic E-state index is 12.2. The summed E-state index contributed by atoms with van der Waals surface area (Å²) in [5, 5.41) is 0. The van der Waals surface area contributed by atoms with Crippen LogP contribution in [-0.2, 0) is 14.3 Å². The van der Waals surface area contributed by atoms with Gasteiger partial charge in [-0.05, 0) is 23.8 Å². The molecule has 4 unspecified atom stereocenters. The van der Waals surface area contributed by atoms with Gasteiger partial charge in [0.05, 0.1) is 7.11 Å². The Morgan fingerprint density at radius 3 is 2.47 bits per heavy atom. The lowest BCUT2D eigenvalue weighted by Crippen LogP contribution is -2.32. The number of hydrogen-bond donors (Lipinski definition) is 0. The van der Waals surface area contributed by atoms with Crippen molar-refractivity contribution in [1.82, 2.24) is 0 Å². The zero-order valence-corrected chi connectivity index (χ0v) is 10.8. The van der Waals surface area contributed by atoms with Crippen molar-refractivity contribution in [1.29, 1.82) is 0 Å². The zero-order chi connectivity index (χ0) is 13.4. The highest BCUT2D eigenvalue weighted by Gasteiger charge is 2.50. The molecule has 1 saturated carbocycles. The summed E-state index contributed by atoms with van der Waals surface area (Å²) in [6, 6.07) is 9.99. The second-order valence-electron chi connectivity index (χ2n) is 5.27. The molecule has 1 aromatic rings. The molecule has 3 rings (SSSR count). The summed E-state index contributed by atoms with van der Waals surface area (Å²) in [7, 11) is 1.26. The Labute approximate surface area is 112 Å². The molecular formula is C16H16O3. The number of methoxy groups -OCH3 is 1.